The van der Waals surface area contributed by atoms with E-state index in [0.29, 0.717) is 45.2 Å². The Morgan fingerprint density at radius 1 is 0.469 bits per heavy atom. The number of ketones is 1. The van der Waals surface area contributed by atoms with Crippen LogP contribution in [0.25, 0.3) is 11.1 Å². The topological polar surface area (TPSA) is 82.1 Å². The molecule has 7 heteroatoms. The number of amides is 2. The van der Waals surface area contributed by atoms with Gasteiger partial charge in [0.1, 0.15) is 17.2 Å². The zero-order chi connectivity index (χ0) is 33.9. The molecule has 242 valence electrons. The number of hydrogen-bond acceptors (Lipinski definition) is 6. The fourth-order valence-electron chi connectivity index (χ4n) is 8.63. The highest BCUT2D eigenvalue weighted by Gasteiger charge is 2.82. The molecule has 0 N–H and O–H groups in total. The molecule has 2 amide bonds. The van der Waals surface area contributed by atoms with Gasteiger partial charge < -0.3 is 14.2 Å². The molecular formula is C42H33NO6. The highest BCUT2D eigenvalue weighted by atomic mass is 16.5. The van der Waals surface area contributed by atoms with Gasteiger partial charge in [0.25, 0.3) is 0 Å². The molecule has 1 heterocycles. The van der Waals surface area contributed by atoms with Crippen molar-refractivity contribution in [3.63, 3.8) is 0 Å². The first kappa shape index (κ1) is 30.4. The summed E-state index contributed by atoms with van der Waals surface area (Å²) in [5, 5.41) is 0. The largest absolute Gasteiger partial charge is 0.497 e. The summed E-state index contributed by atoms with van der Waals surface area (Å²) >= 11 is 0. The van der Waals surface area contributed by atoms with Gasteiger partial charge in [0.05, 0.1) is 49.7 Å². The molecular weight excluding hydrogens is 614 g/mol. The third-order valence-electron chi connectivity index (χ3n) is 10.5. The second-order valence-corrected chi connectivity index (χ2v) is 12.5. The van der Waals surface area contributed by atoms with Crippen LogP contribution in [0, 0.1) is 11.8 Å². The van der Waals surface area contributed by atoms with Crippen LogP contribution in [-0.4, -0.2) is 38.9 Å². The van der Waals surface area contributed by atoms with Crippen LogP contribution in [0.4, 0.5) is 5.69 Å². The van der Waals surface area contributed by atoms with Crippen molar-refractivity contribution in [3.8, 4) is 17.2 Å². The number of carbonyl (C=O) groups excluding carboxylic acids is 3. The number of nitrogens with zero attached hydrogens (tertiary/aromatic N) is 1. The van der Waals surface area contributed by atoms with E-state index in [1.165, 1.54) is 4.90 Å². The van der Waals surface area contributed by atoms with Crippen LogP contribution in [0.15, 0.2) is 133 Å². The zero-order valence-corrected chi connectivity index (χ0v) is 27.3. The Kier molecular flexibility index (Phi) is 7.03. The van der Waals surface area contributed by atoms with Crippen LogP contribution in [0.3, 0.4) is 0 Å². The van der Waals surface area contributed by atoms with E-state index in [2.05, 4.69) is 0 Å². The van der Waals surface area contributed by atoms with Crippen molar-refractivity contribution in [2.24, 2.45) is 11.8 Å². The number of imide groups is 1. The third kappa shape index (κ3) is 3.99. The predicted octanol–water partition coefficient (Wildman–Crippen LogP) is 6.90. The van der Waals surface area contributed by atoms with E-state index in [1.54, 1.807) is 45.6 Å². The van der Waals surface area contributed by atoms with Crippen molar-refractivity contribution >= 4 is 34.4 Å². The molecule has 2 bridgehead atoms. The van der Waals surface area contributed by atoms with Crippen molar-refractivity contribution in [2.45, 2.75) is 10.8 Å². The van der Waals surface area contributed by atoms with Crippen LogP contribution in [-0.2, 0) is 25.2 Å². The molecule has 0 radical (unpaired) electrons. The quantitative estimate of drug-likeness (QED) is 0.171. The number of Topliss-reactive ketones (excluding diaryl/α,β-unsaturated/α-hetero) is 1. The summed E-state index contributed by atoms with van der Waals surface area (Å²) in [6, 6.07) is 41.0. The van der Waals surface area contributed by atoms with E-state index in [4.69, 9.17) is 14.2 Å². The maximum Gasteiger partial charge on any atom is 0.239 e. The van der Waals surface area contributed by atoms with Gasteiger partial charge in [-0.15, -0.1) is 0 Å². The molecule has 4 atom stereocenters. The molecule has 1 aliphatic heterocycles. The summed E-state index contributed by atoms with van der Waals surface area (Å²) in [6.45, 7) is 0. The molecule has 5 aromatic rings. The van der Waals surface area contributed by atoms with Crippen LogP contribution in [0.1, 0.15) is 22.3 Å². The lowest BCUT2D eigenvalue weighted by molar-refractivity contribution is -0.130. The lowest BCUT2D eigenvalue weighted by atomic mass is 9.59. The molecule has 0 spiro atoms. The highest BCUT2D eigenvalue weighted by molar-refractivity contribution is 6.39. The second kappa shape index (κ2) is 11.3. The minimum Gasteiger partial charge on any atom is -0.497 e. The standard InChI is InChI=1S/C42H33NO6/c1-47-31-20-14-26(15-21-31)34-35(27-16-22-32(48-2)23-17-27)42(29-12-8-5-9-13-29)37-36(41(34,40(42)46)28-10-6-4-7-11-28)38(44)43(39(37)45)30-18-24-33(49-3)25-19-30/h4-25,36-37H,1-3H3. The summed E-state index contributed by atoms with van der Waals surface area (Å²) in [7, 11) is 4.78. The van der Waals surface area contributed by atoms with Crippen molar-refractivity contribution in [2.75, 3.05) is 26.2 Å². The van der Waals surface area contributed by atoms with E-state index < -0.39 is 34.5 Å². The monoisotopic (exact) mass is 647 g/mol. The average Bonchev–Trinajstić information content (AvgIpc) is 3.67. The highest BCUT2D eigenvalue weighted by Crippen LogP contribution is 2.74. The average molecular weight is 648 g/mol. The smallest absolute Gasteiger partial charge is 0.239 e. The van der Waals surface area contributed by atoms with E-state index >= 15 is 14.4 Å². The predicted molar refractivity (Wildman–Crippen MR) is 187 cm³/mol. The number of carbonyl (C=O) groups is 3. The maximum absolute atomic E-state index is 16.0. The first-order chi connectivity index (χ1) is 23.9. The SMILES string of the molecule is COc1ccc(C2=C(c3ccc(OC)cc3)C3(c4ccccc4)C(=O)C2(c2ccccc2)C2C(=O)N(c4ccc(OC)cc4)C(=O)C23)cc1. The number of benzene rings is 5. The Morgan fingerprint density at radius 3 is 1.16 bits per heavy atom. The fourth-order valence-corrected chi connectivity index (χ4v) is 8.63. The lowest BCUT2D eigenvalue weighted by Crippen LogP contribution is -2.45. The summed E-state index contributed by atoms with van der Waals surface area (Å²) in [6.07, 6.45) is 0. The number of hydrogen-bond donors (Lipinski definition) is 0. The van der Waals surface area contributed by atoms with Gasteiger partial charge in [0.15, 0.2) is 5.78 Å². The minimum absolute atomic E-state index is 0.180. The third-order valence-corrected chi connectivity index (χ3v) is 10.5. The number of allylic oxidation sites excluding steroid dienone is 2. The summed E-state index contributed by atoms with van der Waals surface area (Å²) in [5.41, 5.74) is 1.71. The summed E-state index contributed by atoms with van der Waals surface area (Å²) < 4.78 is 16.4. The zero-order valence-electron chi connectivity index (χ0n) is 27.3. The molecule has 4 unspecified atom stereocenters. The molecule has 2 fully saturated rings. The molecule has 1 saturated carbocycles. The number of ether oxygens (including phenoxy) is 3. The number of fused-ring (bicyclic) bond motifs is 5. The molecule has 1 saturated heterocycles. The van der Waals surface area contributed by atoms with E-state index in [1.807, 2.05) is 109 Å². The molecule has 7 nitrogen and oxygen atoms in total. The lowest BCUT2D eigenvalue weighted by Gasteiger charge is -2.39. The van der Waals surface area contributed by atoms with Gasteiger partial charge >= 0.3 is 0 Å². The number of rotatable bonds is 8. The van der Waals surface area contributed by atoms with Gasteiger partial charge in [-0.2, -0.15) is 0 Å². The van der Waals surface area contributed by atoms with E-state index in [9.17, 15) is 0 Å². The normalized spacial score (nSPS) is 24.0. The van der Waals surface area contributed by atoms with Crippen LogP contribution < -0.4 is 19.1 Å². The Labute approximate surface area is 284 Å². The van der Waals surface area contributed by atoms with Crippen molar-refractivity contribution in [3.05, 3.63) is 156 Å². The van der Waals surface area contributed by atoms with Gasteiger partial charge in [0, 0.05) is 0 Å². The van der Waals surface area contributed by atoms with Gasteiger partial charge in [0.2, 0.25) is 11.8 Å². The Hall–Kier alpha value is -5.95. The second-order valence-electron chi connectivity index (χ2n) is 12.5. The fraction of sp³-hybridized carbons (Fsp3) is 0.167. The van der Waals surface area contributed by atoms with Crippen LogP contribution in [0.2, 0.25) is 0 Å². The summed E-state index contributed by atoms with van der Waals surface area (Å²) in [4.78, 5) is 47.5. The maximum atomic E-state index is 16.0. The van der Waals surface area contributed by atoms with Crippen molar-refractivity contribution in [1.82, 2.24) is 0 Å². The molecule has 3 aliphatic rings. The van der Waals surface area contributed by atoms with E-state index in [-0.39, 0.29) is 5.78 Å². The number of anilines is 1. The minimum atomic E-state index is -1.50. The Morgan fingerprint density at radius 2 is 0.816 bits per heavy atom. The van der Waals surface area contributed by atoms with Crippen molar-refractivity contribution < 1.29 is 28.6 Å². The van der Waals surface area contributed by atoms with Crippen LogP contribution in [0.5, 0.6) is 17.2 Å². The van der Waals surface area contributed by atoms with Gasteiger partial charge in [-0.1, -0.05) is 84.9 Å². The van der Waals surface area contributed by atoms with Gasteiger partial charge in [-0.3, -0.25) is 14.4 Å². The van der Waals surface area contributed by atoms with Gasteiger partial charge in [-0.05, 0) is 81.9 Å². The van der Waals surface area contributed by atoms with Gasteiger partial charge in [-0.25, -0.2) is 4.90 Å². The summed E-state index contributed by atoms with van der Waals surface area (Å²) in [5.74, 6) is -1.11. The molecule has 2 aliphatic carbocycles. The molecule has 8 rings (SSSR count). The van der Waals surface area contributed by atoms with E-state index in [0.717, 1.165) is 11.1 Å². The molecule has 49 heavy (non-hydrogen) atoms. The Balaban J connectivity index is 1.52. The molecule has 0 aromatic heterocycles. The van der Waals surface area contributed by atoms with Crippen LogP contribution >= 0.6 is 0 Å². The first-order valence-electron chi connectivity index (χ1n) is 16.1. The number of methoxy groups -OCH3 is 3. The van der Waals surface area contributed by atoms with Crippen molar-refractivity contribution in [1.29, 1.82) is 0 Å². The molecule has 5 aromatic carbocycles. The Bertz CT molecular complexity index is 2000. The first-order valence-corrected chi connectivity index (χ1v) is 16.1.